The molecule has 138 valence electrons. The van der Waals surface area contributed by atoms with E-state index in [1.54, 1.807) is 18.1 Å². The van der Waals surface area contributed by atoms with Gasteiger partial charge in [0.2, 0.25) is 11.7 Å². The second kappa shape index (κ2) is 7.67. The van der Waals surface area contributed by atoms with Gasteiger partial charge in [-0.1, -0.05) is 23.4 Å². The van der Waals surface area contributed by atoms with Crippen LogP contribution in [0.5, 0.6) is 0 Å². The highest BCUT2D eigenvalue weighted by Gasteiger charge is 2.19. The Bertz CT molecular complexity index is 902. The van der Waals surface area contributed by atoms with E-state index in [0.717, 1.165) is 19.5 Å². The average Bonchev–Trinajstić information content (AvgIpc) is 3.40. The van der Waals surface area contributed by atoms with Gasteiger partial charge in [-0.3, -0.25) is 9.78 Å². The molecule has 4 rings (SSSR count). The van der Waals surface area contributed by atoms with Crippen LogP contribution in [0.4, 0.5) is 0 Å². The van der Waals surface area contributed by atoms with E-state index >= 15 is 0 Å². The van der Waals surface area contributed by atoms with E-state index in [2.05, 4.69) is 20.4 Å². The minimum atomic E-state index is -0.0799. The summed E-state index contributed by atoms with van der Waals surface area (Å²) in [5.74, 6) is 1.25. The van der Waals surface area contributed by atoms with Gasteiger partial charge < -0.3 is 14.7 Å². The Balaban J connectivity index is 1.41. The zero-order valence-corrected chi connectivity index (χ0v) is 15.1. The largest absolute Gasteiger partial charge is 0.337 e. The van der Waals surface area contributed by atoms with Gasteiger partial charge in [-0.25, -0.2) is 0 Å². The Morgan fingerprint density at radius 1 is 1.26 bits per heavy atom. The van der Waals surface area contributed by atoms with Crippen molar-refractivity contribution < 1.29 is 9.32 Å². The molecule has 1 aliphatic heterocycles. The first-order chi connectivity index (χ1) is 13.2. The van der Waals surface area contributed by atoms with Gasteiger partial charge >= 0.3 is 0 Å². The molecule has 0 unspecified atom stereocenters. The summed E-state index contributed by atoms with van der Waals surface area (Å²) >= 11 is 0. The lowest BCUT2D eigenvalue weighted by atomic mass is 9.97. The first-order valence-corrected chi connectivity index (χ1v) is 9.01. The van der Waals surface area contributed by atoms with Crippen molar-refractivity contribution in [3.63, 3.8) is 0 Å². The van der Waals surface area contributed by atoms with Crippen LogP contribution in [0.2, 0.25) is 0 Å². The van der Waals surface area contributed by atoms with Crippen molar-refractivity contribution in [2.24, 2.45) is 0 Å². The van der Waals surface area contributed by atoms with E-state index in [1.807, 2.05) is 42.5 Å². The van der Waals surface area contributed by atoms with Gasteiger partial charge in [0.15, 0.2) is 0 Å². The molecule has 1 fully saturated rings. The summed E-state index contributed by atoms with van der Waals surface area (Å²) in [6, 6.07) is 13.4. The summed E-state index contributed by atoms with van der Waals surface area (Å²) in [5, 5.41) is 7.30. The standard InChI is InChI=1S/C20H21N5O2/c1-25(13-18-23-19(24-27-18)17-4-2-3-10-22-17)20(26)15-7-5-14(6-8-15)16-9-11-21-12-16/h2-8,10,16,21H,9,11-13H2,1H3/t16-/m1/s1. The van der Waals surface area contributed by atoms with Crippen LogP contribution in [0.15, 0.2) is 53.2 Å². The van der Waals surface area contributed by atoms with Gasteiger partial charge in [-0.2, -0.15) is 4.98 Å². The fourth-order valence-corrected chi connectivity index (χ4v) is 3.25. The molecule has 1 amide bonds. The van der Waals surface area contributed by atoms with Gasteiger partial charge in [-0.05, 0) is 48.7 Å². The zero-order valence-electron chi connectivity index (χ0n) is 15.1. The molecule has 0 radical (unpaired) electrons. The molecule has 1 atom stereocenters. The number of aromatic nitrogens is 3. The number of hydrogen-bond donors (Lipinski definition) is 1. The molecule has 1 aliphatic rings. The molecule has 1 aromatic carbocycles. The minimum absolute atomic E-state index is 0.0799. The molecule has 7 heteroatoms. The maximum atomic E-state index is 12.7. The van der Waals surface area contributed by atoms with Crippen LogP contribution in [0, 0.1) is 0 Å². The highest BCUT2D eigenvalue weighted by molar-refractivity contribution is 5.94. The molecule has 0 spiro atoms. The number of pyridine rings is 1. The Kier molecular flexibility index (Phi) is 4.93. The molecule has 0 saturated carbocycles. The van der Waals surface area contributed by atoms with Gasteiger partial charge in [0.05, 0.1) is 6.54 Å². The molecule has 1 N–H and O–H groups in total. The Hall–Kier alpha value is -3.06. The molecule has 27 heavy (non-hydrogen) atoms. The molecule has 0 bridgehead atoms. The Morgan fingerprint density at radius 2 is 2.11 bits per heavy atom. The first kappa shape index (κ1) is 17.4. The number of nitrogens with one attached hydrogen (secondary N) is 1. The molecule has 3 heterocycles. The second-order valence-corrected chi connectivity index (χ2v) is 6.70. The van der Waals surface area contributed by atoms with Crippen LogP contribution in [0.3, 0.4) is 0 Å². The highest BCUT2D eigenvalue weighted by atomic mass is 16.5. The number of amides is 1. The minimum Gasteiger partial charge on any atom is -0.337 e. The van der Waals surface area contributed by atoms with E-state index in [9.17, 15) is 4.79 Å². The SMILES string of the molecule is CN(Cc1nc(-c2ccccn2)no1)C(=O)c1ccc([C@@H]2CCNC2)cc1. The first-order valence-electron chi connectivity index (χ1n) is 9.01. The van der Waals surface area contributed by atoms with Crippen LogP contribution >= 0.6 is 0 Å². The molecule has 0 aliphatic carbocycles. The lowest BCUT2D eigenvalue weighted by Gasteiger charge is -2.15. The van der Waals surface area contributed by atoms with Crippen LogP contribution in [-0.4, -0.2) is 46.1 Å². The Labute approximate surface area is 157 Å². The van der Waals surface area contributed by atoms with Crippen molar-refractivity contribution in [1.29, 1.82) is 0 Å². The fraction of sp³-hybridized carbons (Fsp3) is 0.300. The van der Waals surface area contributed by atoms with Crippen molar-refractivity contribution in [3.05, 3.63) is 65.7 Å². The van der Waals surface area contributed by atoms with Crippen molar-refractivity contribution in [2.75, 3.05) is 20.1 Å². The van der Waals surface area contributed by atoms with Crippen LogP contribution in [-0.2, 0) is 6.54 Å². The maximum absolute atomic E-state index is 12.7. The molecular weight excluding hydrogens is 342 g/mol. The lowest BCUT2D eigenvalue weighted by molar-refractivity contribution is 0.0769. The van der Waals surface area contributed by atoms with E-state index in [4.69, 9.17) is 4.52 Å². The number of benzene rings is 1. The number of carbonyl (C=O) groups excluding carboxylic acids is 1. The van der Waals surface area contributed by atoms with Gasteiger partial charge in [0, 0.05) is 25.4 Å². The fourth-order valence-electron chi connectivity index (χ4n) is 3.25. The smallest absolute Gasteiger partial charge is 0.254 e. The molecule has 7 nitrogen and oxygen atoms in total. The third-order valence-corrected chi connectivity index (χ3v) is 4.77. The summed E-state index contributed by atoms with van der Waals surface area (Å²) in [6.45, 7) is 2.30. The summed E-state index contributed by atoms with van der Waals surface area (Å²) in [6.07, 6.45) is 2.81. The monoisotopic (exact) mass is 363 g/mol. The topological polar surface area (TPSA) is 84.2 Å². The van der Waals surface area contributed by atoms with Gasteiger partial charge in [0.25, 0.3) is 5.91 Å². The van der Waals surface area contributed by atoms with E-state index in [-0.39, 0.29) is 12.5 Å². The molecule has 1 saturated heterocycles. The van der Waals surface area contributed by atoms with Gasteiger partial charge in [0.1, 0.15) is 5.69 Å². The predicted molar refractivity (Wildman–Crippen MR) is 100.0 cm³/mol. The van der Waals surface area contributed by atoms with Crippen molar-refractivity contribution in [2.45, 2.75) is 18.9 Å². The predicted octanol–water partition coefficient (Wildman–Crippen LogP) is 2.48. The van der Waals surface area contributed by atoms with Crippen LogP contribution in [0.1, 0.15) is 34.2 Å². The van der Waals surface area contributed by atoms with E-state index in [1.165, 1.54) is 5.56 Å². The maximum Gasteiger partial charge on any atom is 0.254 e. The molecule has 3 aromatic rings. The van der Waals surface area contributed by atoms with Crippen LogP contribution < -0.4 is 5.32 Å². The van der Waals surface area contributed by atoms with E-state index in [0.29, 0.717) is 28.9 Å². The molecule has 2 aromatic heterocycles. The van der Waals surface area contributed by atoms with Crippen molar-refractivity contribution in [1.82, 2.24) is 25.3 Å². The van der Waals surface area contributed by atoms with Crippen molar-refractivity contribution in [3.8, 4) is 11.5 Å². The zero-order chi connectivity index (χ0) is 18.6. The van der Waals surface area contributed by atoms with Gasteiger partial charge in [-0.15, -0.1) is 0 Å². The summed E-state index contributed by atoms with van der Waals surface area (Å²) in [5.41, 5.74) is 2.56. The summed E-state index contributed by atoms with van der Waals surface area (Å²) in [7, 11) is 1.72. The van der Waals surface area contributed by atoms with Crippen molar-refractivity contribution >= 4 is 5.91 Å². The number of rotatable bonds is 5. The molecular formula is C20H21N5O2. The summed E-state index contributed by atoms with van der Waals surface area (Å²) < 4.78 is 5.26. The van der Waals surface area contributed by atoms with Crippen LogP contribution in [0.25, 0.3) is 11.5 Å². The third kappa shape index (κ3) is 3.88. The lowest BCUT2D eigenvalue weighted by Crippen LogP contribution is -2.26. The summed E-state index contributed by atoms with van der Waals surface area (Å²) in [4.78, 5) is 22.8. The second-order valence-electron chi connectivity index (χ2n) is 6.70. The number of carbonyl (C=O) groups is 1. The quantitative estimate of drug-likeness (QED) is 0.750. The van der Waals surface area contributed by atoms with E-state index < -0.39 is 0 Å². The number of nitrogens with zero attached hydrogens (tertiary/aromatic N) is 4. The number of hydrogen-bond acceptors (Lipinski definition) is 6. The highest BCUT2D eigenvalue weighted by Crippen LogP contribution is 2.23. The normalized spacial score (nSPS) is 16.4. The third-order valence-electron chi connectivity index (χ3n) is 4.77. The Morgan fingerprint density at radius 3 is 2.81 bits per heavy atom. The average molecular weight is 363 g/mol.